The fourth-order valence-corrected chi connectivity index (χ4v) is 4.44. The summed E-state index contributed by atoms with van der Waals surface area (Å²) in [5.74, 6) is 0.353. The molecule has 0 atom stereocenters. The van der Waals surface area contributed by atoms with E-state index in [1.807, 2.05) is 36.4 Å². The van der Waals surface area contributed by atoms with Crippen molar-refractivity contribution in [3.05, 3.63) is 101 Å². The number of aryl methyl sites for hydroxylation is 1. The SMILES string of the molecule is Cc1cc(/C=N/NC(=O)c2cc3c(ccc4ccccc43)o2)c(C)n1-c1ccc(C(C)C)cc1. The highest BCUT2D eigenvalue weighted by Crippen LogP contribution is 2.28. The summed E-state index contributed by atoms with van der Waals surface area (Å²) in [6.07, 6.45) is 1.68. The van der Waals surface area contributed by atoms with Crippen LogP contribution in [0.1, 0.15) is 52.8 Å². The molecular formula is C29H27N3O2. The molecule has 0 bridgehead atoms. The number of nitrogens with zero attached hydrogens (tertiary/aromatic N) is 2. The third-order valence-electron chi connectivity index (χ3n) is 6.31. The van der Waals surface area contributed by atoms with Gasteiger partial charge in [0.25, 0.3) is 0 Å². The lowest BCUT2D eigenvalue weighted by Gasteiger charge is -2.12. The molecule has 0 spiro atoms. The van der Waals surface area contributed by atoms with Crippen LogP contribution in [-0.2, 0) is 0 Å². The summed E-state index contributed by atoms with van der Waals surface area (Å²) in [4.78, 5) is 12.7. The van der Waals surface area contributed by atoms with Crippen LogP contribution in [0.4, 0.5) is 0 Å². The van der Waals surface area contributed by atoms with Gasteiger partial charge in [-0.3, -0.25) is 4.79 Å². The zero-order chi connectivity index (χ0) is 23.8. The van der Waals surface area contributed by atoms with Gasteiger partial charge in [0, 0.05) is 28.0 Å². The number of hydrogen-bond donors (Lipinski definition) is 1. The number of furan rings is 1. The van der Waals surface area contributed by atoms with E-state index in [9.17, 15) is 4.79 Å². The van der Waals surface area contributed by atoms with Crippen molar-refractivity contribution in [2.24, 2.45) is 5.10 Å². The van der Waals surface area contributed by atoms with E-state index in [-0.39, 0.29) is 11.7 Å². The molecule has 5 rings (SSSR count). The van der Waals surface area contributed by atoms with Crippen molar-refractivity contribution in [2.45, 2.75) is 33.6 Å². The molecule has 170 valence electrons. The predicted molar refractivity (Wildman–Crippen MR) is 138 cm³/mol. The quantitative estimate of drug-likeness (QED) is 0.235. The van der Waals surface area contributed by atoms with Gasteiger partial charge in [0.15, 0.2) is 5.76 Å². The second-order valence-electron chi connectivity index (χ2n) is 8.92. The van der Waals surface area contributed by atoms with Gasteiger partial charge < -0.3 is 8.98 Å². The minimum atomic E-state index is -0.380. The normalized spacial score (nSPS) is 11.8. The van der Waals surface area contributed by atoms with Gasteiger partial charge in [0.2, 0.25) is 0 Å². The van der Waals surface area contributed by atoms with E-state index >= 15 is 0 Å². The van der Waals surface area contributed by atoms with Gasteiger partial charge in [-0.15, -0.1) is 0 Å². The molecule has 0 saturated carbocycles. The number of hydrazone groups is 1. The molecule has 3 aromatic carbocycles. The number of benzene rings is 3. The molecule has 0 aliphatic heterocycles. The average Bonchev–Trinajstić information content (AvgIpc) is 3.40. The van der Waals surface area contributed by atoms with E-state index < -0.39 is 0 Å². The van der Waals surface area contributed by atoms with Gasteiger partial charge in [-0.25, -0.2) is 5.43 Å². The molecule has 0 radical (unpaired) electrons. The van der Waals surface area contributed by atoms with Gasteiger partial charge in [-0.05, 0) is 66.4 Å². The number of amides is 1. The Morgan fingerprint density at radius 1 is 0.971 bits per heavy atom. The second kappa shape index (κ2) is 8.67. The zero-order valence-electron chi connectivity index (χ0n) is 19.8. The molecule has 34 heavy (non-hydrogen) atoms. The van der Waals surface area contributed by atoms with Gasteiger partial charge in [0.05, 0.1) is 6.21 Å². The number of nitrogens with one attached hydrogen (secondary N) is 1. The van der Waals surface area contributed by atoms with Crippen LogP contribution in [0, 0.1) is 13.8 Å². The Bertz CT molecular complexity index is 1540. The van der Waals surface area contributed by atoms with Crippen molar-refractivity contribution in [2.75, 3.05) is 0 Å². The summed E-state index contributed by atoms with van der Waals surface area (Å²) in [5.41, 5.74) is 8.81. The van der Waals surface area contributed by atoms with E-state index in [0.717, 1.165) is 38.8 Å². The number of rotatable bonds is 5. The molecule has 5 aromatic rings. The van der Waals surface area contributed by atoms with Crippen molar-refractivity contribution in [3.63, 3.8) is 0 Å². The fraction of sp³-hybridized carbons (Fsp3) is 0.172. The number of carbonyl (C=O) groups is 1. The number of carbonyl (C=O) groups excluding carboxylic acids is 1. The number of fused-ring (bicyclic) bond motifs is 3. The highest BCUT2D eigenvalue weighted by molar-refractivity contribution is 6.08. The van der Waals surface area contributed by atoms with Crippen molar-refractivity contribution in [3.8, 4) is 5.69 Å². The molecule has 1 amide bonds. The molecular weight excluding hydrogens is 422 g/mol. The molecule has 0 unspecified atom stereocenters. The van der Waals surface area contributed by atoms with Crippen molar-refractivity contribution in [1.82, 2.24) is 9.99 Å². The lowest BCUT2D eigenvalue weighted by Crippen LogP contribution is -2.16. The third-order valence-corrected chi connectivity index (χ3v) is 6.31. The van der Waals surface area contributed by atoms with Gasteiger partial charge in [-0.2, -0.15) is 5.10 Å². The summed E-state index contributed by atoms with van der Waals surface area (Å²) >= 11 is 0. The van der Waals surface area contributed by atoms with E-state index in [0.29, 0.717) is 11.5 Å². The Balaban J connectivity index is 1.35. The summed E-state index contributed by atoms with van der Waals surface area (Å²) in [5, 5.41) is 7.28. The molecule has 5 heteroatoms. The van der Waals surface area contributed by atoms with Crippen molar-refractivity contribution < 1.29 is 9.21 Å². The predicted octanol–water partition coefficient (Wildman–Crippen LogP) is 6.88. The molecule has 0 aliphatic carbocycles. The minimum absolute atomic E-state index is 0.235. The molecule has 5 nitrogen and oxygen atoms in total. The van der Waals surface area contributed by atoms with E-state index in [1.165, 1.54) is 5.56 Å². The van der Waals surface area contributed by atoms with Crippen LogP contribution in [-0.4, -0.2) is 16.7 Å². The van der Waals surface area contributed by atoms with Crippen LogP contribution in [0.15, 0.2) is 82.3 Å². The van der Waals surface area contributed by atoms with Crippen LogP contribution in [0.3, 0.4) is 0 Å². The van der Waals surface area contributed by atoms with E-state index in [2.05, 4.69) is 73.1 Å². The van der Waals surface area contributed by atoms with E-state index in [4.69, 9.17) is 4.42 Å². The van der Waals surface area contributed by atoms with Crippen molar-refractivity contribution in [1.29, 1.82) is 0 Å². The second-order valence-corrected chi connectivity index (χ2v) is 8.92. The highest BCUT2D eigenvalue weighted by atomic mass is 16.3. The molecule has 1 N–H and O–H groups in total. The van der Waals surface area contributed by atoms with Gasteiger partial charge >= 0.3 is 5.91 Å². The number of aromatic nitrogens is 1. The Morgan fingerprint density at radius 2 is 1.74 bits per heavy atom. The largest absolute Gasteiger partial charge is 0.451 e. The number of hydrogen-bond acceptors (Lipinski definition) is 3. The molecule has 2 aromatic heterocycles. The fourth-order valence-electron chi connectivity index (χ4n) is 4.44. The Hall–Kier alpha value is -4.12. The summed E-state index contributed by atoms with van der Waals surface area (Å²) in [7, 11) is 0. The van der Waals surface area contributed by atoms with Crippen LogP contribution >= 0.6 is 0 Å². The van der Waals surface area contributed by atoms with Crippen LogP contribution in [0.25, 0.3) is 27.4 Å². The maximum atomic E-state index is 12.7. The first-order valence-electron chi connectivity index (χ1n) is 11.5. The molecule has 2 heterocycles. The van der Waals surface area contributed by atoms with Gasteiger partial charge in [0.1, 0.15) is 5.58 Å². The molecule has 0 fully saturated rings. The first-order chi connectivity index (χ1) is 16.4. The molecule has 0 saturated heterocycles. The first-order valence-corrected chi connectivity index (χ1v) is 11.5. The summed E-state index contributed by atoms with van der Waals surface area (Å²) < 4.78 is 7.97. The third kappa shape index (κ3) is 3.90. The Morgan fingerprint density at radius 3 is 2.50 bits per heavy atom. The standard InChI is InChI=1S/C29H27N3O2/c1-18(2)21-9-12-24(13-10-21)32-19(3)15-23(20(32)4)17-30-31-29(33)28-16-26-25-8-6-5-7-22(25)11-14-27(26)34-28/h5-18H,1-4H3,(H,31,33)/b30-17+. The lowest BCUT2D eigenvalue weighted by atomic mass is 10.0. The summed E-state index contributed by atoms with van der Waals surface area (Å²) in [6, 6.07) is 24.4. The first kappa shape index (κ1) is 21.7. The van der Waals surface area contributed by atoms with Crippen LogP contribution in [0.2, 0.25) is 0 Å². The smallest absolute Gasteiger partial charge is 0.307 e. The maximum Gasteiger partial charge on any atom is 0.307 e. The van der Waals surface area contributed by atoms with Crippen LogP contribution < -0.4 is 5.43 Å². The Kier molecular flexibility index (Phi) is 5.54. The maximum absolute atomic E-state index is 12.7. The highest BCUT2D eigenvalue weighted by Gasteiger charge is 2.14. The Labute approximate surface area is 198 Å². The zero-order valence-corrected chi connectivity index (χ0v) is 19.8. The summed E-state index contributed by atoms with van der Waals surface area (Å²) in [6.45, 7) is 8.50. The van der Waals surface area contributed by atoms with E-state index in [1.54, 1.807) is 12.3 Å². The lowest BCUT2D eigenvalue weighted by molar-refractivity contribution is 0.0929. The van der Waals surface area contributed by atoms with Crippen molar-refractivity contribution >= 4 is 33.9 Å². The van der Waals surface area contributed by atoms with Crippen LogP contribution in [0.5, 0.6) is 0 Å². The topological polar surface area (TPSA) is 59.5 Å². The average molecular weight is 450 g/mol. The monoisotopic (exact) mass is 449 g/mol. The minimum Gasteiger partial charge on any atom is -0.451 e. The molecule has 0 aliphatic rings. The van der Waals surface area contributed by atoms with Gasteiger partial charge in [-0.1, -0.05) is 56.3 Å².